The molecule has 1 aliphatic rings. The van der Waals surface area contributed by atoms with Crippen molar-refractivity contribution in [3.05, 3.63) is 34.7 Å². The summed E-state index contributed by atoms with van der Waals surface area (Å²) >= 11 is 0. The van der Waals surface area contributed by atoms with Crippen molar-refractivity contribution in [2.75, 3.05) is 13.1 Å². The van der Waals surface area contributed by atoms with Gasteiger partial charge in [-0.05, 0) is 32.0 Å². The fourth-order valence-electron chi connectivity index (χ4n) is 1.56. The van der Waals surface area contributed by atoms with Crippen LogP contribution in [-0.2, 0) is 0 Å². The topological polar surface area (TPSA) is 43.3 Å². The Labute approximate surface area is 82.5 Å². The highest BCUT2D eigenvalue weighted by Crippen LogP contribution is 2.03. The number of aromatic nitrogens is 1. The largest absolute Gasteiger partial charge is 0.407 e. The Kier molecular flexibility index (Phi) is 2.84. The van der Waals surface area contributed by atoms with Crippen molar-refractivity contribution >= 4 is 0 Å². The summed E-state index contributed by atoms with van der Waals surface area (Å²) in [6.07, 6.45) is 3.74. The molecule has 0 radical (unpaired) electrons. The second kappa shape index (κ2) is 4.28. The van der Waals surface area contributed by atoms with Crippen molar-refractivity contribution in [1.29, 1.82) is 0 Å². The first kappa shape index (κ1) is 9.27. The summed E-state index contributed by atoms with van der Waals surface area (Å²) in [6.45, 7) is 1.93. The van der Waals surface area contributed by atoms with Crippen LogP contribution < -0.4 is 15.7 Å². The molecule has 0 unspecified atom stereocenters. The standard InChI is InChI=1S/C10H14N2O2/c13-10-3-1-2-8-12(10)14-9-4-6-11-7-5-9/h1-3,8-9,11H,4-7H2. The first-order valence-electron chi connectivity index (χ1n) is 4.92. The summed E-state index contributed by atoms with van der Waals surface area (Å²) in [5.41, 5.74) is -0.106. The Bertz CT molecular complexity index is 342. The number of nitrogens with zero attached hydrogens (tertiary/aromatic N) is 1. The van der Waals surface area contributed by atoms with E-state index in [1.165, 1.54) is 10.8 Å². The molecule has 0 spiro atoms. The van der Waals surface area contributed by atoms with E-state index >= 15 is 0 Å². The Hall–Kier alpha value is -1.29. The van der Waals surface area contributed by atoms with Gasteiger partial charge in [0.2, 0.25) is 0 Å². The molecule has 1 aliphatic heterocycles. The SMILES string of the molecule is O=c1ccccn1OC1CCNCC1. The average Bonchev–Trinajstić information content (AvgIpc) is 2.23. The molecule has 1 aromatic heterocycles. The van der Waals surface area contributed by atoms with Gasteiger partial charge < -0.3 is 10.2 Å². The van der Waals surface area contributed by atoms with E-state index in [-0.39, 0.29) is 11.7 Å². The van der Waals surface area contributed by atoms with E-state index in [0.29, 0.717) is 0 Å². The molecule has 0 aromatic carbocycles. The second-order valence-corrected chi connectivity index (χ2v) is 3.42. The molecule has 1 saturated heterocycles. The first-order chi connectivity index (χ1) is 6.86. The van der Waals surface area contributed by atoms with Crippen LogP contribution in [0.15, 0.2) is 29.2 Å². The lowest BCUT2D eigenvalue weighted by Crippen LogP contribution is -2.40. The third kappa shape index (κ3) is 2.14. The number of rotatable bonds is 2. The lowest BCUT2D eigenvalue weighted by atomic mass is 10.1. The minimum Gasteiger partial charge on any atom is -0.407 e. The zero-order valence-electron chi connectivity index (χ0n) is 7.98. The van der Waals surface area contributed by atoms with Gasteiger partial charge in [0.15, 0.2) is 0 Å². The third-order valence-electron chi connectivity index (χ3n) is 2.34. The van der Waals surface area contributed by atoms with Gasteiger partial charge in [0, 0.05) is 12.3 Å². The first-order valence-corrected chi connectivity index (χ1v) is 4.92. The Morgan fingerprint density at radius 3 is 2.86 bits per heavy atom. The van der Waals surface area contributed by atoms with E-state index in [1.54, 1.807) is 18.3 Å². The van der Waals surface area contributed by atoms with Gasteiger partial charge >= 0.3 is 0 Å². The molecular formula is C10H14N2O2. The predicted octanol–water partition coefficient (Wildman–Crippen LogP) is 0.0289. The molecule has 1 N–H and O–H groups in total. The molecule has 4 heteroatoms. The Morgan fingerprint density at radius 2 is 2.14 bits per heavy atom. The van der Waals surface area contributed by atoms with E-state index in [2.05, 4.69) is 5.32 Å². The molecule has 0 bridgehead atoms. The van der Waals surface area contributed by atoms with Crippen LogP contribution >= 0.6 is 0 Å². The summed E-state index contributed by atoms with van der Waals surface area (Å²) in [7, 11) is 0. The third-order valence-corrected chi connectivity index (χ3v) is 2.34. The quantitative estimate of drug-likeness (QED) is 0.722. The summed E-state index contributed by atoms with van der Waals surface area (Å²) < 4.78 is 1.32. The molecule has 0 saturated carbocycles. The van der Waals surface area contributed by atoms with Crippen LogP contribution in [0.2, 0.25) is 0 Å². The van der Waals surface area contributed by atoms with Crippen molar-refractivity contribution in [3.63, 3.8) is 0 Å². The van der Waals surface area contributed by atoms with Crippen LogP contribution in [-0.4, -0.2) is 23.9 Å². The lowest BCUT2D eigenvalue weighted by Gasteiger charge is -2.23. The summed E-state index contributed by atoms with van der Waals surface area (Å²) in [5.74, 6) is 0. The van der Waals surface area contributed by atoms with Gasteiger partial charge in [-0.15, -0.1) is 0 Å². The molecule has 0 atom stereocenters. The highest BCUT2D eigenvalue weighted by atomic mass is 16.7. The maximum atomic E-state index is 11.3. The highest BCUT2D eigenvalue weighted by Gasteiger charge is 2.14. The van der Waals surface area contributed by atoms with Gasteiger partial charge in [-0.1, -0.05) is 6.07 Å². The fourth-order valence-corrected chi connectivity index (χ4v) is 1.56. The van der Waals surface area contributed by atoms with E-state index in [4.69, 9.17) is 4.84 Å². The van der Waals surface area contributed by atoms with Crippen molar-refractivity contribution < 1.29 is 4.84 Å². The smallest absolute Gasteiger partial charge is 0.282 e. The van der Waals surface area contributed by atoms with E-state index in [9.17, 15) is 4.79 Å². The van der Waals surface area contributed by atoms with E-state index < -0.39 is 0 Å². The molecule has 2 heterocycles. The van der Waals surface area contributed by atoms with Gasteiger partial charge in [-0.3, -0.25) is 4.79 Å². The highest BCUT2D eigenvalue weighted by molar-refractivity contribution is 4.91. The van der Waals surface area contributed by atoms with Crippen LogP contribution in [0.4, 0.5) is 0 Å². The zero-order valence-corrected chi connectivity index (χ0v) is 7.98. The molecule has 4 nitrogen and oxygen atoms in total. The van der Waals surface area contributed by atoms with Crippen molar-refractivity contribution in [2.24, 2.45) is 0 Å². The second-order valence-electron chi connectivity index (χ2n) is 3.42. The van der Waals surface area contributed by atoms with Gasteiger partial charge in [0.1, 0.15) is 6.10 Å². The molecule has 76 valence electrons. The van der Waals surface area contributed by atoms with Crippen molar-refractivity contribution in [1.82, 2.24) is 10.0 Å². The van der Waals surface area contributed by atoms with Crippen LogP contribution in [0.5, 0.6) is 0 Å². The minimum atomic E-state index is -0.106. The van der Waals surface area contributed by atoms with Gasteiger partial charge in [0.05, 0.1) is 0 Å². The zero-order chi connectivity index (χ0) is 9.80. The van der Waals surface area contributed by atoms with Gasteiger partial charge in [0.25, 0.3) is 5.56 Å². The number of hydrogen-bond donors (Lipinski definition) is 1. The van der Waals surface area contributed by atoms with Crippen LogP contribution in [0.1, 0.15) is 12.8 Å². The Morgan fingerprint density at radius 1 is 1.36 bits per heavy atom. The minimum absolute atomic E-state index is 0.106. The van der Waals surface area contributed by atoms with E-state index in [0.717, 1.165) is 25.9 Å². The number of nitrogens with one attached hydrogen (secondary N) is 1. The predicted molar refractivity (Wildman–Crippen MR) is 53.2 cm³/mol. The number of pyridine rings is 1. The summed E-state index contributed by atoms with van der Waals surface area (Å²) in [6, 6.07) is 5.01. The molecule has 1 fully saturated rings. The Balaban J connectivity index is 2.03. The van der Waals surface area contributed by atoms with Crippen LogP contribution in [0.25, 0.3) is 0 Å². The normalized spacial score (nSPS) is 18.0. The van der Waals surface area contributed by atoms with Crippen molar-refractivity contribution in [2.45, 2.75) is 18.9 Å². The van der Waals surface area contributed by atoms with Gasteiger partial charge in [-0.2, -0.15) is 4.73 Å². The van der Waals surface area contributed by atoms with Crippen LogP contribution in [0, 0.1) is 0 Å². The summed E-state index contributed by atoms with van der Waals surface area (Å²) in [5, 5.41) is 3.25. The molecule has 1 aromatic rings. The monoisotopic (exact) mass is 194 g/mol. The maximum Gasteiger partial charge on any atom is 0.282 e. The fraction of sp³-hybridized carbons (Fsp3) is 0.500. The maximum absolute atomic E-state index is 11.3. The van der Waals surface area contributed by atoms with Crippen molar-refractivity contribution in [3.8, 4) is 0 Å². The number of piperidine rings is 1. The lowest BCUT2D eigenvalue weighted by molar-refractivity contribution is 0.0131. The van der Waals surface area contributed by atoms with E-state index in [1.807, 2.05) is 0 Å². The number of hydrogen-bond acceptors (Lipinski definition) is 3. The van der Waals surface area contributed by atoms with Gasteiger partial charge in [-0.25, -0.2) is 0 Å². The molecular weight excluding hydrogens is 180 g/mol. The molecule has 0 aliphatic carbocycles. The molecule has 0 amide bonds. The molecule has 2 rings (SSSR count). The van der Waals surface area contributed by atoms with Crippen LogP contribution in [0.3, 0.4) is 0 Å². The molecule has 14 heavy (non-hydrogen) atoms. The average molecular weight is 194 g/mol. The summed E-state index contributed by atoms with van der Waals surface area (Å²) in [4.78, 5) is 16.9.